The number of rotatable bonds is 6. The Morgan fingerprint density at radius 1 is 1.57 bits per heavy atom. The van der Waals surface area contributed by atoms with Gasteiger partial charge >= 0.3 is 5.97 Å². The number of carboxylic acids is 1. The molecule has 1 unspecified atom stereocenters. The molecule has 0 saturated carbocycles. The van der Waals surface area contributed by atoms with Crippen LogP contribution >= 0.6 is 11.6 Å². The molecule has 1 aromatic heterocycles. The summed E-state index contributed by atoms with van der Waals surface area (Å²) < 4.78 is 20.2. The maximum Gasteiger partial charge on any atom is 0.306 e. The van der Waals surface area contributed by atoms with Gasteiger partial charge in [-0.25, -0.2) is 9.07 Å². The minimum absolute atomic E-state index is 0.0804. The lowest BCUT2D eigenvalue weighted by Gasteiger charge is -2.13. The Hall–Kier alpha value is -2.06. The summed E-state index contributed by atoms with van der Waals surface area (Å²) in [6, 6.07) is 4.02. The fraction of sp³-hybridized carbons (Fsp3) is 0.333. The van der Waals surface area contributed by atoms with Crippen LogP contribution in [-0.2, 0) is 16.1 Å². The average molecular weight is 315 g/mol. The molecule has 1 aromatic carbocycles. The highest BCUT2D eigenvalue weighted by Gasteiger charge is 2.19. The minimum Gasteiger partial charge on any atom is -0.481 e. The number of nitrogens with zero attached hydrogens (tertiary/aromatic N) is 4. The average Bonchev–Trinajstić information content (AvgIpc) is 2.88. The summed E-state index contributed by atoms with van der Waals surface area (Å²) in [5.41, 5.74) is 0.137. The number of ether oxygens (including phenoxy) is 1. The first-order valence-electron chi connectivity index (χ1n) is 5.97. The topological polar surface area (TPSA) is 90.1 Å². The van der Waals surface area contributed by atoms with Crippen molar-refractivity contribution in [3.05, 3.63) is 29.0 Å². The number of carboxylic acid groups (broad SMARTS) is 1. The fourth-order valence-corrected chi connectivity index (χ4v) is 1.97. The third-order valence-corrected chi connectivity index (χ3v) is 3.05. The molecule has 0 spiro atoms. The van der Waals surface area contributed by atoms with Gasteiger partial charge in [-0.05, 0) is 28.6 Å². The van der Waals surface area contributed by atoms with E-state index in [2.05, 4.69) is 15.5 Å². The van der Waals surface area contributed by atoms with Gasteiger partial charge in [0, 0.05) is 12.1 Å². The highest BCUT2D eigenvalue weighted by Crippen LogP contribution is 2.24. The molecule has 0 saturated heterocycles. The number of carbonyl (C=O) groups is 1. The number of hydrogen-bond acceptors (Lipinski definition) is 5. The molecule has 0 aliphatic carbocycles. The number of methoxy groups -OCH3 is 1. The van der Waals surface area contributed by atoms with Gasteiger partial charge in [0.25, 0.3) is 0 Å². The first-order chi connectivity index (χ1) is 10.0. The quantitative estimate of drug-likeness (QED) is 0.871. The van der Waals surface area contributed by atoms with Crippen LogP contribution in [0.25, 0.3) is 11.4 Å². The van der Waals surface area contributed by atoms with Gasteiger partial charge in [-0.15, -0.1) is 5.10 Å². The third kappa shape index (κ3) is 3.73. The summed E-state index contributed by atoms with van der Waals surface area (Å²) in [7, 11) is 1.39. The monoisotopic (exact) mass is 314 g/mol. The van der Waals surface area contributed by atoms with E-state index in [1.165, 1.54) is 30.0 Å². The van der Waals surface area contributed by atoms with Gasteiger partial charge in [0.15, 0.2) is 5.82 Å². The zero-order chi connectivity index (χ0) is 15.4. The number of hydrogen-bond donors (Lipinski definition) is 1. The minimum atomic E-state index is -1.01. The molecule has 2 aromatic rings. The molecule has 0 aliphatic rings. The first kappa shape index (κ1) is 15.3. The second-order valence-corrected chi connectivity index (χ2v) is 4.70. The summed E-state index contributed by atoms with van der Waals surface area (Å²) in [6.07, 6.45) is -0.847. The normalized spacial score (nSPS) is 12.3. The van der Waals surface area contributed by atoms with Crippen molar-refractivity contribution in [1.29, 1.82) is 0 Å². The molecule has 9 heteroatoms. The molecule has 0 fully saturated rings. The number of tetrazole rings is 1. The molecule has 0 amide bonds. The number of halogens is 2. The summed E-state index contributed by atoms with van der Waals surface area (Å²) in [6.45, 7) is 0.0804. The Morgan fingerprint density at radius 2 is 2.33 bits per heavy atom. The summed E-state index contributed by atoms with van der Waals surface area (Å²) in [5, 5.41) is 20.1. The predicted molar refractivity (Wildman–Crippen MR) is 71.3 cm³/mol. The highest BCUT2D eigenvalue weighted by molar-refractivity contribution is 6.30. The van der Waals surface area contributed by atoms with Gasteiger partial charge in [-0.1, -0.05) is 11.6 Å². The lowest BCUT2D eigenvalue weighted by molar-refractivity contribution is -0.140. The highest BCUT2D eigenvalue weighted by atomic mass is 35.5. The van der Waals surface area contributed by atoms with Crippen LogP contribution < -0.4 is 0 Å². The van der Waals surface area contributed by atoms with Gasteiger partial charge in [0.1, 0.15) is 5.82 Å². The van der Waals surface area contributed by atoms with E-state index < -0.39 is 17.9 Å². The second kappa shape index (κ2) is 6.59. The molecule has 1 atom stereocenters. The SMILES string of the molecule is COC(CC(=O)O)Cn1nnnc1-c1cc(Cl)ccc1F. The Bertz CT molecular complexity index is 649. The molecule has 7 nitrogen and oxygen atoms in total. The number of aliphatic carboxylic acids is 1. The molecular weight excluding hydrogens is 303 g/mol. The van der Waals surface area contributed by atoms with E-state index in [1.54, 1.807) is 0 Å². The van der Waals surface area contributed by atoms with Gasteiger partial charge in [-0.3, -0.25) is 4.79 Å². The molecule has 1 heterocycles. The molecule has 2 rings (SSSR count). The Balaban J connectivity index is 2.30. The van der Waals surface area contributed by atoms with Crippen LogP contribution in [0.4, 0.5) is 4.39 Å². The van der Waals surface area contributed by atoms with Gasteiger partial charge in [-0.2, -0.15) is 0 Å². The van der Waals surface area contributed by atoms with Crippen molar-refractivity contribution in [2.45, 2.75) is 19.1 Å². The van der Waals surface area contributed by atoms with Crippen LogP contribution in [0.5, 0.6) is 0 Å². The van der Waals surface area contributed by atoms with Crippen LogP contribution in [-0.4, -0.2) is 44.5 Å². The van der Waals surface area contributed by atoms with E-state index in [9.17, 15) is 9.18 Å². The lowest BCUT2D eigenvalue weighted by Crippen LogP contribution is -2.23. The van der Waals surface area contributed by atoms with Gasteiger partial charge < -0.3 is 9.84 Å². The third-order valence-electron chi connectivity index (χ3n) is 2.81. The Morgan fingerprint density at radius 3 is 3.00 bits per heavy atom. The predicted octanol–water partition coefficient (Wildman–Crippen LogP) is 1.62. The van der Waals surface area contributed by atoms with E-state index in [1.807, 2.05) is 0 Å². The van der Waals surface area contributed by atoms with Crippen molar-refractivity contribution in [2.24, 2.45) is 0 Å². The van der Waals surface area contributed by atoms with E-state index >= 15 is 0 Å². The van der Waals surface area contributed by atoms with Crippen molar-refractivity contribution in [3.8, 4) is 11.4 Å². The maximum atomic E-state index is 13.8. The zero-order valence-corrected chi connectivity index (χ0v) is 11.8. The van der Waals surface area contributed by atoms with E-state index in [0.717, 1.165) is 0 Å². The van der Waals surface area contributed by atoms with Crippen LogP contribution in [0.1, 0.15) is 6.42 Å². The van der Waals surface area contributed by atoms with E-state index in [-0.39, 0.29) is 24.4 Å². The molecule has 0 radical (unpaired) electrons. The molecule has 0 bridgehead atoms. The molecule has 112 valence electrons. The Kier molecular flexibility index (Phi) is 4.81. The standard InChI is InChI=1S/C12H12ClFN4O3/c1-21-8(5-11(19)20)6-18-12(15-16-17-18)9-4-7(13)2-3-10(9)14/h2-4,8H,5-6H2,1H3,(H,19,20). The smallest absolute Gasteiger partial charge is 0.306 e. The molecule has 21 heavy (non-hydrogen) atoms. The fourth-order valence-electron chi connectivity index (χ4n) is 1.80. The molecule has 0 aliphatic heterocycles. The summed E-state index contributed by atoms with van der Waals surface area (Å²) >= 11 is 5.84. The van der Waals surface area contributed by atoms with Gasteiger partial charge in [0.2, 0.25) is 0 Å². The second-order valence-electron chi connectivity index (χ2n) is 4.26. The zero-order valence-electron chi connectivity index (χ0n) is 11.0. The van der Waals surface area contributed by atoms with Crippen molar-refractivity contribution >= 4 is 17.6 Å². The van der Waals surface area contributed by atoms with Crippen LogP contribution in [0, 0.1) is 5.82 Å². The van der Waals surface area contributed by atoms with Crippen LogP contribution in [0.15, 0.2) is 18.2 Å². The van der Waals surface area contributed by atoms with Crippen LogP contribution in [0.3, 0.4) is 0 Å². The maximum absolute atomic E-state index is 13.8. The van der Waals surface area contributed by atoms with Crippen molar-refractivity contribution in [1.82, 2.24) is 20.2 Å². The largest absolute Gasteiger partial charge is 0.481 e. The van der Waals surface area contributed by atoms with E-state index in [4.69, 9.17) is 21.4 Å². The lowest BCUT2D eigenvalue weighted by atomic mass is 10.2. The van der Waals surface area contributed by atoms with Crippen molar-refractivity contribution in [2.75, 3.05) is 7.11 Å². The first-order valence-corrected chi connectivity index (χ1v) is 6.35. The number of benzene rings is 1. The van der Waals surface area contributed by atoms with Crippen molar-refractivity contribution < 1.29 is 19.0 Å². The Labute approximate surface area is 124 Å². The summed E-state index contributed by atoms with van der Waals surface area (Å²) in [4.78, 5) is 10.7. The van der Waals surface area contributed by atoms with Crippen LogP contribution in [0.2, 0.25) is 5.02 Å². The van der Waals surface area contributed by atoms with Gasteiger partial charge in [0.05, 0.1) is 24.6 Å². The molecular formula is C12H12ClFN4O3. The van der Waals surface area contributed by atoms with Crippen molar-refractivity contribution in [3.63, 3.8) is 0 Å². The number of aromatic nitrogens is 4. The molecule has 1 N–H and O–H groups in total. The summed E-state index contributed by atoms with van der Waals surface area (Å²) in [5.74, 6) is -1.38. The van der Waals surface area contributed by atoms with E-state index in [0.29, 0.717) is 5.02 Å².